The average Bonchev–Trinajstić information content (AvgIpc) is 3.46. The molecule has 0 unspecified atom stereocenters. The number of amides is 1. The van der Waals surface area contributed by atoms with E-state index >= 15 is 0 Å². The van der Waals surface area contributed by atoms with E-state index in [0.717, 1.165) is 17.5 Å². The maximum Gasteiger partial charge on any atom is 0.259 e. The standard InChI is InChI=1S/C21H24N2O2/c1-3-17-18(22-17)21(25)19(16-12-8-5-9-13-16)23(20(21)24)14(2)15-10-6-4-7-11-15/h4-14,17-19,22,25H,3H2,1-2H3/t14-,17+,18-,19-,21-/m0/s1. The number of rotatable bonds is 5. The molecule has 2 aliphatic heterocycles. The zero-order valence-corrected chi connectivity index (χ0v) is 14.6. The van der Waals surface area contributed by atoms with E-state index in [1.165, 1.54) is 0 Å². The van der Waals surface area contributed by atoms with E-state index in [1.807, 2.05) is 72.5 Å². The maximum absolute atomic E-state index is 13.1. The molecule has 2 aromatic rings. The fourth-order valence-corrected chi connectivity index (χ4v) is 4.19. The van der Waals surface area contributed by atoms with E-state index in [-0.39, 0.29) is 30.1 Å². The Hall–Kier alpha value is -2.17. The summed E-state index contributed by atoms with van der Waals surface area (Å²) in [7, 11) is 0. The van der Waals surface area contributed by atoms with Gasteiger partial charge in [0.15, 0.2) is 5.60 Å². The topological polar surface area (TPSA) is 62.5 Å². The van der Waals surface area contributed by atoms with Crippen LogP contribution < -0.4 is 5.32 Å². The molecule has 0 spiro atoms. The van der Waals surface area contributed by atoms with Crippen LogP contribution in [0.15, 0.2) is 60.7 Å². The number of likely N-dealkylation sites (tertiary alicyclic amines) is 1. The quantitative estimate of drug-likeness (QED) is 0.652. The predicted octanol–water partition coefficient (Wildman–Crippen LogP) is 2.81. The first-order valence-corrected chi connectivity index (χ1v) is 9.00. The molecule has 2 heterocycles. The highest BCUT2D eigenvalue weighted by molar-refractivity contribution is 5.95. The molecule has 0 aliphatic carbocycles. The van der Waals surface area contributed by atoms with Crippen LogP contribution in [0, 0.1) is 0 Å². The van der Waals surface area contributed by atoms with Crippen LogP contribution in [-0.2, 0) is 4.79 Å². The number of nitrogens with zero attached hydrogens (tertiary/aromatic N) is 1. The Labute approximate surface area is 148 Å². The van der Waals surface area contributed by atoms with E-state index in [9.17, 15) is 9.90 Å². The first kappa shape index (κ1) is 16.3. The molecule has 5 atom stereocenters. The predicted molar refractivity (Wildman–Crippen MR) is 96.8 cm³/mol. The number of carbonyl (C=O) groups is 1. The zero-order chi connectivity index (χ0) is 17.6. The van der Waals surface area contributed by atoms with Gasteiger partial charge in [-0.2, -0.15) is 0 Å². The van der Waals surface area contributed by atoms with Crippen molar-refractivity contribution < 1.29 is 9.90 Å². The van der Waals surface area contributed by atoms with Crippen LogP contribution in [0.25, 0.3) is 0 Å². The summed E-state index contributed by atoms with van der Waals surface area (Å²) in [6.45, 7) is 4.10. The van der Waals surface area contributed by atoms with Crippen molar-refractivity contribution in [2.24, 2.45) is 0 Å². The van der Waals surface area contributed by atoms with Gasteiger partial charge in [-0.1, -0.05) is 67.6 Å². The lowest BCUT2D eigenvalue weighted by Gasteiger charge is -2.55. The van der Waals surface area contributed by atoms with Gasteiger partial charge < -0.3 is 15.3 Å². The van der Waals surface area contributed by atoms with Gasteiger partial charge in [-0.3, -0.25) is 4.79 Å². The lowest BCUT2D eigenvalue weighted by atomic mass is 9.73. The number of hydrogen-bond donors (Lipinski definition) is 2. The summed E-state index contributed by atoms with van der Waals surface area (Å²) >= 11 is 0. The van der Waals surface area contributed by atoms with Gasteiger partial charge >= 0.3 is 0 Å². The van der Waals surface area contributed by atoms with E-state index < -0.39 is 5.60 Å². The molecule has 2 aromatic carbocycles. The summed E-state index contributed by atoms with van der Waals surface area (Å²) < 4.78 is 0. The van der Waals surface area contributed by atoms with Crippen LogP contribution in [0.1, 0.15) is 43.5 Å². The van der Waals surface area contributed by atoms with Gasteiger partial charge in [-0.25, -0.2) is 0 Å². The molecule has 4 rings (SSSR count). The molecule has 0 aromatic heterocycles. The van der Waals surface area contributed by atoms with Crippen LogP contribution in [0.4, 0.5) is 0 Å². The van der Waals surface area contributed by atoms with Crippen molar-refractivity contribution in [1.82, 2.24) is 10.2 Å². The Kier molecular flexibility index (Phi) is 3.89. The second kappa shape index (κ2) is 5.97. The second-order valence-corrected chi connectivity index (χ2v) is 7.10. The van der Waals surface area contributed by atoms with E-state index in [1.54, 1.807) is 0 Å². The number of nitrogens with one attached hydrogen (secondary N) is 1. The molecular weight excluding hydrogens is 312 g/mol. The smallest absolute Gasteiger partial charge is 0.259 e. The largest absolute Gasteiger partial charge is 0.376 e. The van der Waals surface area contributed by atoms with Gasteiger partial charge in [-0.05, 0) is 24.5 Å². The van der Waals surface area contributed by atoms with Gasteiger partial charge in [0.2, 0.25) is 0 Å². The number of hydrogen-bond acceptors (Lipinski definition) is 3. The Morgan fingerprint density at radius 2 is 1.72 bits per heavy atom. The number of β-lactam (4-membered cyclic amide) rings is 1. The first-order valence-electron chi connectivity index (χ1n) is 9.00. The number of benzene rings is 2. The summed E-state index contributed by atoms with van der Waals surface area (Å²) in [6.07, 6.45) is 0.913. The molecule has 0 saturated carbocycles. The molecule has 2 saturated heterocycles. The maximum atomic E-state index is 13.1. The summed E-state index contributed by atoms with van der Waals surface area (Å²) in [5.74, 6) is -0.175. The SMILES string of the molecule is CC[C@H]1N[C@@H]1[C@@]1(O)C(=O)N([C@@H](C)c2ccccc2)[C@H]1c1ccccc1. The second-order valence-electron chi connectivity index (χ2n) is 7.10. The van der Waals surface area contributed by atoms with E-state index in [0.29, 0.717) is 0 Å². The summed E-state index contributed by atoms with van der Waals surface area (Å²) in [6, 6.07) is 19.5. The number of aliphatic hydroxyl groups is 1. The zero-order valence-electron chi connectivity index (χ0n) is 14.6. The summed E-state index contributed by atoms with van der Waals surface area (Å²) in [5.41, 5.74) is 0.705. The molecular formula is C21H24N2O2. The van der Waals surface area contributed by atoms with Crippen molar-refractivity contribution in [2.75, 3.05) is 0 Å². The number of carbonyl (C=O) groups excluding carboxylic acids is 1. The minimum absolute atomic E-state index is 0.0852. The summed E-state index contributed by atoms with van der Waals surface area (Å²) in [4.78, 5) is 14.9. The van der Waals surface area contributed by atoms with Crippen molar-refractivity contribution >= 4 is 5.91 Å². The fraction of sp³-hybridized carbons (Fsp3) is 0.381. The van der Waals surface area contributed by atoms with Crippen LogP contribution in [-0.4, -0.2) is 33.6 Å². The van der Waals surface area contributed by atoms with Crippen LogP contribution in [0.3, 0.4) is 0 Å². The Morgan fingerprint density at radius 3 is 2.28 bits per heavy atom. The minimum atomic E-state index is -1.36. The highest BCUT2D eigenvalue weighted by atomic mass is 16.3. The Bertz CT molecular complexity index is 764. The average molecular weight is 336 g/mol. The molecule has 4 heteroatoms. The first-order chi connectivity index (χ1) is 12.1. The van der Waals surface area contributed by atoms with Crippen molar-refractivity contribution in [3.05, 3.63) is 71.8 Å². The highest BCUT2D eigenvalue weighted by Gasteiger charge is 2.70. The van der Waals surface area contributed by atoms with Gasteiger partial charge in [-0.15, -0.1) is 0 Å². The van der Waals surface area contributed by atoms with Gasteiger partial charge in [0, 0.05) is 6.04 Å². The third-order valence-electron chi connectivity index (χ3n) is 5.69. The van der Waals surface area contributed by atoms with Gasteiger partial charge in [0.05, 0.1) is 18.1 Å². The molecule has 130 valence electrons. The van der Waals surface area contributed by atoms with E-state index in [2.05, 4.69) is 12.2 Å². The monoisotopic (exact) mass is 336 g/mol. The molecule has 2 fully saturated rings. The Morgan fingerprint density at radius 1 is 1.12 bits per heavy atom. The van der Waals surface area contributed by atoms with Crippen molar-refractivity contribution in [3.63, 3.8) is 0 Å². The molecule has 0 radical (unpaired) electrons. The lowest BCUT2D eigenvalue weighted by molar-refractivity contribution is -0.199. The van der Waals surface area contributed by atoms with Crippen molar-refractivity contribution in [2.45, 2.75) is 50.0 Å². The molecule has 1 amide bonds. The third kappa shape index (κ3) is 2.40. The normalized spacial score (nSPS) is 32.2. The molecule has 2 N–H and O–H groups in total. The lowest BCUT2D eigenvalue weighted by Crippen LogP contribution is -2.72. The third-order valence-corrected chi connectivity index (χ3v) is 5.69. The van der Waals surface area contributed by atoms with Crippen molar-refractivity contribution in [3.8, 4) is 0 Å². The fourth-order valence-electron chi connectivity index (χ4n) is 4.19. The van der Waals surface area contributed by atoms with Crippen LogP contribution in [0.2, 0.25) is 0 Å². The van der Waals surface area contributed by atoms with Gasteiger partial charge in [0.1, 0.15) is 0 Å². The molecule has 0 bridgehead atoms. The molecule has 2 aliphatic rings. The van der Waals surface area contributed by atoms with Gasteiger partial charge in [0.25, 0.3) is 5.91 Å². The molecule has 25 heavy (non-hydrogen) atoms. The van der Waals surface area contributed by atoms with Crippen molar-refractivity contribution in [1.29, 1.82) is 0 Å². The molecule has 4 nitrogen and oxygen atoms in total. The summed E-state index contributed by atoms with van der Waals surface area (Å²) in [5, 5.41) is 14.6. The highest BCUT2D eigenvalue weighted by Crippen LogP contribution is 2.52. The Balaban J connectivity index is 1.71. The van der Waals surface area contributed by atoms with Crippen LogP contribution >= 0.6 is 0 Å². The van der Waals surface area contributed by atoms with E-state index in [4.69, 9.17) is 0 Å². The van der Waals surface area contributed by atoms with Crippen LogP contribution in [0.5, 0.6) is 0 Å². The minimum Gasteiger partial charge on any atom is -0.376 e.